The van der Waals surface area contributed by atoms with Crippen molar-refractivity contribution < 1.29 is 33.3 Å². The highest BCUT2D eigenvalue weighted by Crippen LogP contribution is 2.26. The molecule has 1 aromatic heterocycles. The van der Waals surface area contributed by atoms with Crippen LogP contribution in [-0.2, 0) is 23.0 Å². The number of aromatic hydroxyl groups is 2. The van der Waals surface area contributed by atoms with Crippen molar-refractivity contribution in [1.82, 2.24) is 9.62 Å². The number of carbonyl (C=O) groups excluding carboxylic acids is 1. The molecule has 0 fully saturated rings. The number of aliphatic hydroxyl groups is 1. The molecule has 3 aromatic carbocycles. The number of aliphatic hydroxyl groups excluding tert-OH is 1. The lowest BCUT2D eigenvalue weighted by Gasteiger charge is -2.30. The van der Waals surface area contributed by atoms with Crippen molar-refractivity contribution in [1.29, 1.82) is 0 Å². The van der Waals surface area contributed by atoms with E-state index in [4.69, 9.17) is 4.74 Å². The van der Waals surface area contributed by atoms with E-state index in [0.717, 1.165) is 16.5 Å². The molecule has 9 nitrogen and oxygen atoms in total. The smallest absolute Gasteiger partial charge is 0.251 e. The molecule has 11 heteroatoms. The fraction of sp³-hybridized carbons (Fsp3) is 0.207. The molecule has 210 valence electrons. The average Bonchev–Trinajstić information content (AvgIpc) is 3.47. The summed E-state index contributed by atoms with van der Waals surface area (Å²) < 4.78 is 34.0. The summed E-state index contributed by atoms with van der Waals surface area (Å²) in [6, 6.07) is 21.7. The zero-order valence-electron chi connectivity index (χ0n) is 21.7. The lowest BCUT2D eigenvalue weighted by molar-refractivity contribution is 0.0779. The number of rotatable bonds is 12. The number of phenolic OH excluding ortho intramolecular Hbond substituents is 2. The standard InChI is InChI=1S/C29H30N2O7S2/c1-38-22-9-5-11-24(17-22)40(36,37)31(18-23-10-6-14-39-23)19-28(34)25(15-20-7-3-2-4-8-20)30-29(35)21-12-13-26(32)27(33)16-21/h2-14,16-17,25,28,32-34H,15,18-19H2,1H3,(H,30,35)/t25-,28+/m0/s1. The van der Waals surface area contributed by atoms with Crippen LogP contribution in [0.25, 0.3) is 0 Å². The first-order valence-corrected chi connectivity index (χ1v) is 14.7. The Labute approximate surface area is 237 Å². The van der Waals surface area contributed by atoms with E-state index in [9.17, 15) is 28.5 Å². The molecule has 0 aliphatic heterocycles. The number of carbonyl (C=O) groups is 1. The molecule has 4 rings (SSSR count). The summed E-state index contributed by atoms with van der Waals surface area (Å²) >= 11 is 1.39. The van der Waals surface area contributed by atoms with Gasteiger partial charge in [0.15, 0.2) is 11.5 Å². The van der Waals surface area contributed by atoms with E-state index in [-0.39, 0.29) is 35.7 Å². The minimum absolute atomic E-state index is 0.0128. The van der Waals surface area contributed by atoms with Crippen LogP contribution in [-0.4, -0.2) is 59.8 Å². The molecule has 0 aliphatic carbocycles. The van der Waals surface area contributed by atoms with Crippen LogP contribution in [0.2, 0.25) is 0 Å². The van der Waals surface area contributed by atoms with Gasteiger partial charge in [0.1, 0.15) is 5.75 Å². The van der Waals surface area contributed by atoms with Crippen LogP contribution in [0, 0.1) is 0 Å². The Bertz CT molecular complexity index is 1530. The van der Waals surface area contributed by atoms with Crippen molar-refractivity contribution in [3.8, 4) is 17.2 Å². The summed E-state index contributed by atoms with van der Waals surface area (Å²) in [6.07, 6.45) is -1.10. The zero-order chi connectivity index (χ0) is 28.7. The maximum atomic E-state index is 13.8. The predicted molar refractivity (Wildman–Crippen MR) is 152 cm³/mol. The van der Waals surface area contributed by atoms with E-state index < -0.39 is 33.8 Å². The van der Waals surface area contributed by atoms with Crippen LogP contribution in [0.4, 0.5) is 0 Å². The predicted octanol–water partition coefficient (Wildman–Crippen LogP) is 3.76. The first kappa shape index (κ1) is 29.1. The van der Waals surface area contributed by atoms with Crippen molar-refractivity contribution in [3.63, 3.8) is 0 Å². The Hall–Kier alpha value is -3.90. The Balaban J connectivity index is 1.64. The third-order valence-corrected chi connectivity index (χ3v) is 8.97. The number of nitrogens with zero attached hydrogens (tertiary/aromatic N) is 1. The zero-order valence-corrected chi connectivity index (χ0v) is 23.3. The lowest BCUT2D eigenvalue weighted by atomic mass is 10.0. The molecule has 0 saturated heterocycles. The van der Waals surface area contributed by atoms with Gasteiger partial charge >= 0.3 is 0 Å². The Kier molecular flexibility index (Phi) is 9.43. The van der Waals surface area contributed by atoms with Crippen LogP contribution in [0.3, 0.4) is 0 Å². The summed E-state index contributed by atoms with van der Waals surface area (Å²) in [5, 5.41) is 35.5. The third kappa shape index (κ3) is 7.19. The number of nitrogens with one attached hydrogen (secondary N) is 1. The monoisotopic (exact) mass is 582 g/mol. The minimum atomic E-state index is -4.08. The molecule has 40 heavy (non-hydrogen) atoms. The largest absolute Gasteiger partial charge is 0.504 e. The number of methoxy groups -OCH3 is 1. The van der Waals surface area contributed by atoms with Crippen LogP contribution in [0.15, 0.2) is 95.2 Å². The van der Waals surface area contributed by atoms with Gasteiger partial charge in [-0.3, -0.25) is 4.79 Å². The number of ether oxygens (including phenoxy) is 1. The molecule has 4 N–H and O–H groups in total. The highest BCUT2D eigenvalue weighted by molar-refractivity contribution is 7.89. The number of benzene rings is 3. The maximum absolute atomic E-state index is 13.8. The molecule has 0 radical (unpaired) electrons. The van der Waals surface area contributed by atoms with E-state index >= 15 is 0 Å². The molecule has 0 spiro atoms. The Morgan fingerprint density at radius 2 is 1.75 bits per heavy atom. The van der Waals surface area contributed by atoms with E-state index in [1.54, 1.807) is 12.1 Å². The minimum Gasteiger partial charge on any atom is -0.504 e. The van der Waals surface area contributed by atoms with Gasteiger partial charge in [0.2, 0.25) is 10.0 Å². The number of phenols is 2. The van der Waals surface area contributed by atoms with Crippen LogP contribution >= 0.6 is 11.3 Å². The first-order valence-electron chi connectivity index (χ1n) is 12.4. The molecule has 4 aromatic rings. The summed E-state index contributed by atoms with van der Waals surface area (Å²) in [4.78, 5) is 13.9. The summed E-state index contributed by atoms with van der Waals surface area (Å²) in [5.74, 6) is -1.05. The third-order valence-electron chi connectivity index (χ3n) is 6.30. The van der Waals surface area contributed by atoms with Gasteiger partial charge in [-0.1, -0.05) is 42.5 Å². The fourth-order valence-corrected chi connectivity index (χ4v) is 6.41. The van der Waals surface area contributed by atoms with Gasteiger partial charge in [0.05, 0.1) is 24.2 Å². The van der Waals surface area contributed by atoms with E-state index in [1.165, 1.54) is 47.0 Å². The second-order valence-corrected chi connectivity index (χ2v) is 12.1. The van der Waals surface area contributed by atoms with Gasteiger partial charge in [-0.2, -0.15) is 4.31 Å². The van der Waals surface area contributed by atoms with Crippen molar-refractivity contribution in [2.75, 3.05) is 13.7 Å². The van der Waals surface area contributed by atoms with Gasteiger partial charge in [0.25, 0.3) is 5.91 Å². The number of amides is 1. The number of thiophene rings is 1. The lowest BCUT2D eigenvalue weighted by Crippen LogP contribution is -2.50. The number of hydrogen-bond donors (Lipinski definition) is 4. The van der Waals surface area contributed by atoms with Crippen LogP contribution in [0.5, 0.6) is 17.2 Å². The van der Waals surface area contributed by atoms with Gasteiger partial charge < -0.3 is 25.4 Å². The average molecular weight is 583 g/mol. The van der Waals surface area contributed by atoms with Gasteiger partial charge in [-0.15, -0.1) is 11.3 Å². The molecular weight excluding hydrogens is 552 g/mol. The quantitative estimate of drug-likeness (QED) is 0.187. The SMILES string of the molecule is COc1cccc(S(=O)(=O)N(Cc2cccs2)C[C@@H](O)[C@H](Cc2ccccc2)NC(=O)c2ccc(O)c(O)c2)c1. The van der Waals surface area contributed by atoms with Gasteiger partial charge in [-0.05, 0) is 53.8 Å². The highest BCUT2D eigenvalue weighted by Gasteiger charge is 2.32. The van der Waals surface area contributed by atoms with Gasteiger partial charge in [-0.25, -0.2) is 8.42 Å². The first-order chi connectivity index (χ1) is 19.2. The maximum Gasteiger partial charge on any atom is 0.251 e. The molecule has 0 aliphatic rings. The van der Waals surface area contributed by atoms with E-state index in [0.29, 0.717) is 5.75 Å². The van der Waals surface area contributed by atoms with Crippen molar-refractivity contribution in [3.05, 3.63) is 106 Å². The summed E-state index contributed by atoms with van der Waals surface area (Å²) in [6.45, 7) is -0.290. The highest BCUT2D eigenvalue weighted by atomic mass is 32.2. The molecular formula is C29H30N2O7S2. The second-order valence-electron chi connectivity index (χ2n) is 9.10. The van der Waals surface area contributed by atoms with Gasteiger partial charge in [0, 0.05) is 29.6 Å². The molecule has 0 unspecified atom stereocenters. The topological polar surface area (TPSA) is 136 Å². The molecule has 1 heterocycles. The summed E-state index contributed by atoms with van der Waals surface area (Å²) in [5.41, 5.74) is 0.890. The Morgan fingerprint density at radius 1 is 0.975 bits per heavy atom. The van der Waals surface area contributed by atoms with Crippen molar-refractivity contribution in [2.45, 2.75) is 30.0 Å². The molecule has 0 bridgehead atoms. The normalized spacial score (nSPS) is 13.1. The van der Waals surface area contributed by atoms with Crippen LogP contribution in [0.1, 0.15) is 20.8 Å². The van der Waals surface area contributed by atoms with E-state index in [1.807, 2.05) is 47.8 Å². The number of sulfonamides is 1. The van der Waals surface area contributed by atoms with E-state index in [2.05, 4.69) is 5.32 Å². The summed E-state index contributed by atoms with van der Waals surface area (Å²) in [7, 11) is -2.63. The molecule has 1 amide bonds. The fourth-order valence-electron chi connectivity index (χ4n) is 4.14. The van der Waals surface area contributed by atoms with Crippen LogP contribution < -0.4 is 10.1 Å². The second kappa shape index (κ2) is 13.0. The van der Waals surface area contributed by atoms with Crippen molar-refractivity contribution >= 4 is 27.3 Å². The van der Waals surface area contributed by atoms with Crippen molar-refractivity contribution in [2.24, 2.45) is 0 Å². The molecule has 0 saturated carbocycles. The Morgan fingerprint density at radius 3 is 2.42 bits per heavy atom. The molecule has 2 atom stereocenters. The number of hydrogen-bond acceptors (Lipinski definition) is 8.